The minimum absolute atomic E-state index is 0.0415. The standard InChI is InChI=1S/C20H38O2.C18H35NO/c1-3-5-6-7-8-9-10-11-12-13-14-15-16-17-18-19-20(21)22-4-2;1-2-3-4-5-6-7-8-9-10-11-12-13-14-15-16-17-18(19)20/h11-12H,3-10,13-19H2,1-2H3;9-10H,2-8,11-17H2,1H3,(H2,19,20)/b12-11-;10-9-. The van der Waals surface area contributed by atoms with E-state index < -0.39 is 0 Å². The number of amides is 1. The maximum atomic E-state index is 11.1. The predicted octanol–water partition coefficient (Wildman–Crippen LogP) is 12.1. The van der Waals surface area contributed by atoms with Crippen molar-refractivity contribution in [1.82, 2.24) is 0 Å². The van der Waals surface area contributed by atoms with Gasteiger partial charge in [-0.25, -0.2) is 0 Å². The highest BCUT2D eigenvalue weighted by Gasteiger charge is 2.00. The summed E-state index contributed by atoms with van der Waals surface area (Å²) in [7, 11) is 0. The number of hydrogen-bond acceptors (Lipinski definition) is 3. The molecule has 0 aliphatic carbocycles. The van der Waals surface area contributed by atoms with E-state index >= 15 is 0 Å². The zero-order valence-corrected chi connectivity index (χ0v) is 28.6. The molecule has 4 nitrogen and oxygen atoms in total. The Morgan fingerprint density at radius 1 is 0.452 bits per heavy atom. The molecule has 0 aromatic rings. The second-order valence-electron chi connectivity index (χ2n) is 11.9. The van der Waals surface area contributed by atoms with Crippen LogP contribution in [0.3, 0.4) is 0 Å². The third-order valence-corrected chi connectivity index (χ3v) is 7.63. The number of rotatable bonds is 31. The second-order valence-corrected chi connectivity index (χ2v) is 11.9. The average molecular weight is 592 g/mol. The Morgan fingerprint density at radius 3 is 1.10 bits per heavy atom. The third kappa shape index (κ3) is 42.9. The predicted molar refractivity (Wildman–Crippen MR) is 185 cm³/mol. The van der Waals surface area contributed by atoms with Gasteiger partial charge in [0.25, 0.3) is 0 Å². The first-order valence-electron chi connectivity index (χ1n) is 18.3. The highest BCUT2D eigenvalue weighted by molar-refractivity contribution is 5.73. The molecule has 42 heavy (non-hydrogen) atoms. The van der Waals surface area contributed by atoms with Crippen LogP contribution < -0.4 is 5.73 Å². The van der Waals surface area contributed by atoms with Gasteiger partial charge in [-0.2, -0.15) is 0 Å². The summed E-state index contributed by atoms with van der Waals surface area (Å²) in [5, 5.41) is 0. The smallest absolute Gasteiger partial charge is 0.305 e. The van der Waals surface area contributed by atoms with E-state index in [9.17, 15) is 9.59 Å². The Labute approximate surface area is 263 Å². The van der Waals surface area contributed by atoms with Crippen molar-refractivity contribution in [3.8, 4) is 0 Å². The minimum Gasteiger partial charge on any atom is -0.466 e. The van der Waals surface area contributed by atoms with E-state index in [0.717, 1.165) is 25.7 Å². The number of carbonyl (C=O) groups excluding carboxylic acids is 2. The van der Waals surface area contributed by atoms with Gasteiger partial charge >= 0.3 is 5.97 Å². The first-order valence-corrected chi connectivity index (χ1v) is 18.3. The molecule has 0 aromatic carbocycles. The van der Waals surface area contributed by atoms with Crippen LogP contribution in [0, 0.1) is 0 Å². The summed E-state index contributed by atoms with van der Waals surface area (Å²) in [5.74, 6) is -0.206. The number of hydrogen-bond donors (Lipinski definition) is 1. The minimum atomic E-state index is -0.164. The molecule has 0 unspecified atom stereocenters. The van der Waals surface area contributed by atoms with E-state index in [4.69, 9.17) is 10.5 Å². The number of esters is 1. The van der Waals surface area contributed by atoms with Crippen molar-refractivity contribution < 1.29 is 14.3 Å². The van der Waals surface area contributed by atoms with Gasteiger partial charge in [0, 0.05) is 12.8 Å². The molecule has 0 spiro atoms. The lowest BCUT2D eigenvalue weighted by atomic mass is 10.1. The van der Waals surface area contributed by atoms with Gasteiger partial charge in [-0.15, -0.1) is 0 Å². The molecule has 2 N–H and O–H groups in total. The van der Waals surface area contributed by atoms with Crippen molar-refractivity contribution in [1.29, 1.82) is 0 Å². The lowest BCUT2D eigenvalue weighted by Gasteiger charge is -2.01. The Hall–Kier alpha value is -1.58. The Kier molecular flexibility index (Phi) is 39.9. The van der Waals surface area contributed by atoms with Crippen LogP contribution in [0.1, 0.15) is 201 Å². The molecule has 0 aliphatic rings. The topological polar surface area (TPSA) is 69.4 Å². The van der Waals surface area contributed by atoms with E-state index in [1.54, 1.807) is 0 Å². The molecular weight excluding hydrogens is 518 g/mol. The summed E-state index contributed by atoms with van der Waals surface area (Å²) in [6, 6.07) is 0. The number of allylic oxidation sites excluding steroid dienone is 4. The number of primary amides is 1. The van der Waals surface area contributed by atoms with Gasteiger partial charge in [-0.05, 0) is 71.1 Å². The quantitative estimate of drug-likeness (QED) is 0.0495. The van der Waals surface area contributed by atoms with Crippen LogP contribution in [0.25, 0.3) is 0 Å². The fourth-order valence-corrected chi connectivity index (χ4v) is 4.94. The van der Waals surface area contributed by atoms with Crippen molar-refractivity contribution in [2.24, 2.45) is 5.73 Å². The molecule has 1 amide bonds. The third-order valence-electron chi connectivity index (χ3n) is 7.63. The molecule has 0 heterocycles. The highest BCUT2D eigenvalue weighted by atomic mass is 16.5. The summed E-state index contributed by atoms with van der Waals surface area (Å²) in [6.07, 6.45) is 43.9. The molecule has 0 aliphatic heterocycles. The van der Waals surface area contributed by atoms with Crippen LogP contribution in [0.4, 0.5) is 0 Å². The van der Waals surface area contributed by atoms with Gasteiger partial charge in [0.15, 0.2) is 0 Å². The lowest BCUT2D eigenvalue weighted by molar-refractivity contribution is -0.143. The van der Waals surface area contributed by atoms with Gasteiger partial charge in [-0.3, -0.25) is 9.59 Å². The molecule has 248 valence electrons. The van der Waals surface area contributed by atoms with Crippen LogP contribution in [0.5, 0.6) is 0 Å². The first-order chi connectivity index (χ1) is 20.6. The molecule has 0 bridgehead atoms. The van der Waals surface area contributed by atoms with Crippen LogP contribution in [0.15, 0.2) is 24.3 Å². The Balaban J connectivity index is 0. The van der Waals surface area contributed by atoms with Crippen molar-refractivity contribution >= 4 is 11.9 Å². The Morgan fingerprint density at radius 2 is 0.762 bits per heavy atom. The zero-order chi connectivity index (χ0) is 31.2. The van der Waals surface area contributed by atoms with E-state index in [1.807, 2.05) is 6.92 Å². The molecule has 0 saturated carbocycles. The maximum Gasteiger partial charge on any atom is 0.305 e. The summed E-state index contributed by atoms with van der Waals surface area (Å²) in [6.45, 7) is 6.89. The number of nitrogens with two attached hydrogens (primary N) is 1. The summed E-state index contributed by atoms with van der Waals surface area (Å²) < 4.78 is 4.91. The van der Waals surface area contributed by atoms with Crippen LogP contribution in [-0.2, 0) is 14.3 Å². The molecule has 0 fully saturated rings. The number of unbranched alkanes of at least 4 members (excludes halogenated alkanes) is 22. The van der Waals surface area contributed by atoms with Crippen molar-refractivity contribution in [3.05, 3.63) is 24.3 Å². The second kappa shape index (κ2) is 39.4. The largest absolute Gasteiger partial charge is 0.466 e. The summed E-state index contributed by atoms with van der Waals surface area (Å²) in [4.78, 5) is 21.7. The first kappa shape index (κ1) is 42.6. The van der Waals surface area contributed by atoms with Crippen LogP contribution in [-0.4, -0.2) is 18.5 Å². The fraction of sp³-hybridized carbons (Fsp3) is 0.842. The molecule has 0 aromatic heterocycles. The number of carbonyl (C=O) groups is 2. The lowest BCUT2D eigenvalue weighted by Crippen LogP contribution is -2.09. The molecule has 0 atom stereocenters. The van der Waals surface area contributed by atoms with Gasteiger partial charge < -0.3 is 10.5 Å². The maximum absolute atomic E-state index is 11.1. The monoisotopic (exact) mass is 592 g/mol. The van der Waals surface area contributed by atoms with Crippen molar-refractivity contribution in [2.45, 2.75) is 201 Å². The average Bonchev–Trinajstić information content (AvgIpc) is 2.97. The van der Waals surface area contributed by atoms with Gasteiger partial charge in [0.05, 0.1) is 6.61 Å². The molecule has 0 radical (unpaired) electrons. The SMILES string of the molecule is CCCCCCCC/C=C\CCCCCCCC(=O)OCC.CCCCCCCC/C=C\CCCCCCCC(N)=O. The molecule has 0 saturated heterocycles. The fourth-order valence-electron chi connectivity index (χ4n) is 4.94. The van der Waals surface area contributed by atoms with Crippen LogP contribution >= 0.6 is 0 Å². The van der Waals surface area contributed by atoms with Crippen molar-refractivity contribution in [3.63, 3.8) is 0 Å². The molecule has 0 rings (SSSR count). The van der Waals surface area contributed by atoms with E-state index in [1.165, 1.54) is 141 Å². The summed E-state index contributed by atoms with van der Waals surface area (Å²) in [5.41, 5.74) is 5.10. The normalized spacial score (nSPS) is 11.2. The summed E-state index contributed by atoms with van der Waals surface area (Å²) >= 11 is 0. The van der Waals surface area contributed by atoms with Gasteiger partial charge in [-0.1, -0.05) is 141 Å². The molecule has 4 heteroatoms. The zero-order valence-electron chi connectivity index (χ0n) is 28.6. The number of ether oxygens (including phenoxy) is 1. The Bertz CT molecular complexity index is 599. The van der Waals surface area contributed by atoms with E-state index in [0.29, 0.717) is 19.4 Å². The van der Waals surface area contributed by atoms with E-state index in [2.05, 4.69) is 38.2 Å². The van der Waals surface area contributed by atoms with Gasteiger partial charge in [0.1, 0.15) is 0 Å². The molecular formula is C38H73NO3. The van der Waals surface area contributed by atoms with Crippen molar-refractivity contribution in [2.75, 3.05) is 6.61 Å². The van der Waals surface area contributed by atoms with Gasteiger partial charge in [0.2, 0.25) is 5.91 Å². The highest BCUT2D eigenvalue weighted by Crippen LogP contribution is 2.11. The van der Waals surface area contributed by atoms with Crippen LogP contribution in [0.2, 0.25) is 0 Å². The van der Waals surface area contributed by atoms with E-state index in [-0.39, 0.29) is 11.9 Å².